The third-order valence-electron chi connectivity index (χ3n) is 3.05. The van der Waals surface area contributed by atoms with Crippen LogP contribution in [-0.4, -0.2) is 47.3 Å². The summed E-state index contributed by atoms with van der Waals surface area (Å²) >= 11 is 3.13. The van der Waals surface area contributed by atoms with Crippen molar-refractivity contribution in [1.82, 2.24) is 4.90 Å². The number of rotatable bonds is 4. The molecule has 8 heteroatoms. The van der Waals surface area contributed by atoms with E-state index in [0.29, 0.717) is 4.47 Å². The van der Waals surface area contributed by atoms with E-state index in [1.165, 1.54) is 17.0 Å². The minimum absolute atomic E-state index is 0.0863. The van der Waals surface area contributed by atoms with E-state index in [1.807, 2.05) is 0 Å². The van der Waals surface area contributed by atoms with Crippen LogP contribution < -0.4 is 5.32 Å². The number of ether oxygens (including phenoxy) is 1. The highest BCUT2D eigenvalue weighted by molar-refractivity contribution is 9.10. The number of carboxylic acid groups (broad SMARTS) is 1. The predicted molar refractivity (Wildman–Crippen MR) is 76.7 cm³/mol. The van der Waals surface area contributed by atoms with Gasteiger partial charge >= 0.3 is 12.0 Å². The van der Waals surface area contributed by atoms with Crippen molar-refractivity contribution in [3.05, 3.63) is 28.5 Å². The summed E-state index contributed by atoms with van der Waals surface area (Å²) in [6, 6.07) is 3.88. The second-order valence-corrected chi connectivity index (χ2v) is 5.96. The molecule has 1 heterocycles. The number of benzene rings is 1. The molecule has 2 rings (SSSR count). The number of halogens is 2. The zero-order valence-corrected chi connectivity index (χ0v) is 12.8. The van der Waals surface area contributed by atoms with Gasteiger partial charge in [0.25, 0.3) is 0 Å². The summed E-state index contributed by atoms with van der Waals surface area (Å²) in [5.41, 5.74) is -0.586. The molecular formula is C13H14BrFN2O4. The van der Waals surface area contributed by atoms with Crippen LogP contribution in [0.4, 0.5) is 14.9 Å². The fourth-order valence-electron chi connectivity index (χ4n) is 2.02. The van der Waals surface area contributed by atoms with Gasteiger partial charge in [-0.1, -0.05) is 15.9 Å². The first-order valence-corrected chi connectivity index (χ1v) is 6.95. The van der Waals surface area contributed by atoms with Crippen molar-refractivity contribution in [3.63, 3.8) is 0 Å². The first-order valence-electron chi connectivity index (χ1n) is 6.16. The van der Waals surface area contributed by atoms with Crippen LogP contribution in [-0.2, 0) is 9.53 Å². The number of carboxylic acids is 1. The normalized spacial score (nSPS) is 16.2. The van der Waals surface area contributed by atoms with Crippen LogP contribution in [0.2, 0.25) is 0 Å². The molecular weight excluding hydrogens is 347 g/mol. The van der Waals surface area contributed by atoms with Gasteiger partial charge in [0, 0.05) is 4.47 Å². The number of urea groups is 1. The van der Waals surface area contributed by atoms with Crippen LogP contribution in [0.25, 0.3) is 0 Å². The zero-order valence-electron chi connectivity index (χ0n) is 11.2. The third kappa shape index (κ3) is 3.92. The minimum Gasteiger partial charge on any atom is -0.480 e. The van der Waals surface area contributed by atoms with Gasteiger partial charge in [-0.3, -0.25) is 0 Å². The molecule has 0 unspecified atom stereocenters. The molecule has 0 spiro atoms. The minimum atomic E-state index is -1.06. The number of amides is 2. The summed E-state index contributed by atoms with van der Waals surface area (Å²) < 4.78 is 19.4. The number of carbonyl (C=O) groups is 2. The molecule has 2 N–H and O–H groups in total. The summed E-state index contributed by atoms with van der Waals surface area (Å²) in [4.78, 5) is 23.8. The molecule has 0 saturated carbocycles. The Kier molecular flexibility index (Phi) is 4.48. The lowest BCUT2D eigenvalue weighted by molar-refractivity contribution is -0.159. The standard InChI is InChI=1S/C13H14BrFN2O4/c1-13(21-5-11(18)19)6-17(7-13)12(20)16-10-3-2-8(14)4-9(10)15/h2-4H,5-7H2,1H3,(H,16,20)(H,18,19). The van der Waals surface area contributed by atoms with Gasteiger partial charge in [0.2, 0.25) is 0 Å². The lowest BCUT2D eigenvalue weighted by Crippen LogP contribution is -2.64. The van der Waals surface area contributed by atoms with Crippen LogP contribution in [0.15, 0.2) is 22.7 Å². The van der Waals surface area contributed by atoms with Crippen LogP contribution in [0, 0.1) is 5.82 Å². The number of nitrogens with zero attached hydrogens (tertiary/aromatic N) is 1. The molecule has 1 aromatic rings. The number of carbonyl (C=O) groups excluding carboxylic acids is 1. The van der Waals surface area contributed by atoms with Gasteiger partial charge in [-0.25, -0.2) is 14.0 Å². The highest BCUT2D eigenvalue weighted by Gasteiger charge is 2.42. The van der Waals surface area contributed by atoms with Crippen LogP contribution >= 0.6 is 15.9 Å². The van der Waals surface area contributed by atoms with Crippen LogP contribution in [0.3, 0.4) is 0 Å². The molecule has 0 aromatic heterocycles. The van der Waals surface area contributed by atoms with E-state index >= 15 is 0 Å². The van der Waals surface area contributed by atoms with Crippen LogP contribution in [0.1, 0.15) is 6.92 Å². The molecule has 1 aromatic carbocycles. The summed E-state index contributed by atoms with van der Waals surface area (Å²) in [6.07, 6.45) is 0. The maximum absolute atomic E-state index is 13.6. The van der Waals surface area contributed by atoms with E-state index in [2.05, 4.69) is 21.2 Å². The van der Waals surface area contributed by atoms with Gasteiger partial charge in [0.05, 0.1) is 18.8 Å². The third-order valence-corrected chi connectivity index (χ3v) is 3.55. The Morgan fingerprint density at radius 3 is 2.76 bits per heavy atom. The molecule has 1 fully saturated rings. The summed E-state index contributed by atoms with van der Waals surface area (Å²) in [6.45, 7) is 1.82. The van der Waals surface area contributed by atoms with Gasteiger partial charge in [0.1, 0.15) is 18.0 Å². The number of aliphatic carboxylic acids is 1. The molecule has 114 valence electrons. The molecule has 0 aliphatic carbocycles. The Balaban J connectivity index is 1.87. The van der Waals surface area contributed by atoms with E-state index in [9.17, 15) is 14.0 Å². The molecule has 1 saturated heterocycles. The smallest absolute Gasteiger partial charge is 0.329 e. The van der Waals surface area contributed by atoms with Crippen molar-refractivity contribution in [2.45, 2.75) is 12.5 Å². The Labute approximate surface area is 129 Å². The topological polar surface area (TPSA) is 78.9 Å². The quantitative estimate of drug-likeness (QED) is 0.863. The lowest BCUT2D eigenvalue weighted by Gasteiger charge is -2.46. The maximum Gasteiger partial charge on any atom is 0.329 e. The number of hydrogen-bond acceptors (Lipinski definition) is 3. The Morgan fingerprint density at radius 2 is 2.19 bits per heavy atom. The van der Waals surface area contributed by atoms with Gasteiger partial charge in [0.15, 0.2) is 0 Å². The van der Waals surface area contributed by atoms with Crippen molar-refractivity contribution in [2.75, 3.05) is 25.0 Å². The molecule has 21 heavy (non-hydrogen) atoms. The van der Waals surface area contributed by atoms with E-state index in [1.54, 1.807) is 13.0 Å². The van der Waals surface area contributed by atoms with Crippen molar-refractivity contribution in [1.29, 1.82) is 0 Å². The van der Waals surface area contributed by atoms with Gasteiger partial charge < -0.3 is 20.1 Å². The van der Waals surface area contributed by atoms with E-state index in [4.69, 9.17) is 9.84 Å². The van der Waals surface area contributed by atoms with Crippen molar-refractivity contribution in [3.8, 4) is 0 Å². The van der Waals surface area contributed by atoms with Crippen molar-refractivity contribution in [2.24, 2.45) is 0 Å². The highest BCUT2D eigenvalue weighted by atomic mass is 79.9. The first kappa shape index (κ1) is 15.7. The van der Waals surface area contributed by atoms with Gasteiger partial charge in [-0.15, -0.1) is 0 Å². The van der Waals surface area contributed by atoms with Crippen molar-refractivity contribution < 1.29 is 23.8 Å². The second kappa shape index (κ2) is 5.98. The highest BCUT2D eigenvalue weighted by Crippen LogP contribution is 2.26. The number of anilines is 1. The molecule has 0 atom stereocenters. The molecule has 1 aliphatic heterocycles. The number of hydrogen-bond donors (Lipinski definition) is 2. The summed E-state index contributed by atoms with van der Waals surface area (Å²) in [7, 11) is 0. The lowest BCUT2D eigenvalue weighted by atomic mass is 9.97. The van der Waals surface area contributed by atoms with E-state index < -0.39 is 30.0 Å². The molecule has 0 bridgehead atoms. The molecule has 2 amide bonds. The number of nitrogens with one attached hydrogen (secondary N) is 1. The average Bonchev–Trinajstić information content (AvgIpc) is 2.36. The first-order chi connectivity index (χ1) is 9.79. The molecule has 6 nitrogen and oxygen atoms in total. The van der Waals surface area contributed by atoms with Crippen molar-refractivity contribution >= 4 is 33.6 Å². The van der Waals surface area contributed by atoms with Gasteiger partial charge in [-0.2, -0.15) is 0 Å². The fraction of sp³-hybridized carbons (Fsp3) is 0.385. The number of likely N-dealkylation sites (tertiary alicyclic amines) is 1. The summed E-state index contributed by atoms with van der Waals surface area (Å²) in [5, 5.41) is 11.0. The SMILES string of the molecule is CC1(OCC(=O)O)CN(C(=O)Nc2ccc(Br)cc2F)C1. The van der Waals surface area contributed by atoms with Crippen LogP contribution in [0.5, 0.6) is 0 Å². The Bertz CT molecular complexity index is 575. The zero-order chi connectivity index (χ0) is 15.6. The van der Waals surface area contributed by atoms with Gasteiger partial charge in [-0.05, 0) is 25.1 Å². The largest absolute Gasteiger partial charge is 0.480 e. The Morgan fingerprint density at radius 1 is 1.52 bits per heavy atom. The Hall–Kier alpha value is -1.67. The molecule has 0 radical (unpaired) electrons. The monoisotopic (exact) mass is 360 g/mol. The van der Waals surface area contributed by atoms with E-state index in [-0.39, 0.29) is 18.8 Å². The molecule has 1 aliphatic rings. The average molecular weight is 361 g/mol. The fourth-order valence-corrected chi connectivity index (χ4v) is 2.35. The summed E-state index contributed by atoms with van der Waals surface area (Å²) in [5.74, 6) is -1.60. The maximum atomic E-state index is 13.6. The second-order valence-electron chi connectivity index (χ2n) is 5.04. The van der Waals surface area contributed by atoms with E-state index in [0.717, 1.165) is 0 Å². The predicted octanol–water partition coefficient (Wildman–Crippen LogP) is 2.30.